The van der Waals surface area contributed by atoms with E-state index in [4.69, 9.17) is 18.4 Å². The van der Waals surface area contributed by atoms with E-state index < -0.39 is 33.9 Å². The van der Waals surface area contributed by atoms with Crippen LogP contribution in [0.3, 0.4) is 0 Å². The zero-order valence-corrected chi connectivity index (χ0v) is 18.1. The Morgan fingerprint density at radius 1 is 1.07 bits per heavy atom. The lowest BCUT2D eigenvalue weighted by Crippen LogP contribution is -2.42. The quantitative estimate of drug-likeness (QED) is 0.435. The first-order valence-electron chi connectivity index (χ1n) is 9.75. The lowest BCUT2D eigenvalue weighted by molar-refractivity contribution is -0.179. The van der Waals surface area contributed by atoms with Gasteiger partial charge in [-0.1, -0.05) is 30.3 Å². The standard InChI is InChI=1S/C22H26O7S/c1-4-30(24,25)29-22(2,3)19-14-20(23)28-21(19)26-15-16-9-8-12-18(13-16)27-17-10-6-5-7-11-17/h5-13,19,21H,4,14-15H2,1-3H3. The van der Waals surface area contributed by atoms with Crippen LogP contribution in [-0.2, 0) is 35.2 Å². The van der Waals surface area contributed by atoms with E-state index in [0.29, 0.717) is 5.75 Å². The third kappa shape index (κ3) is 5.81. The maximum Gasteiger partial charge on any atom is 0.308 e. The molecule has 3 rings (SSSR count). The van der Waals surface area contributed by atoms with Gasteiger partial charge in [0.1, 0.15) is 11.5 Å². The average Bonchev–Trinajstić information content (AvgIpc) is 3.08. The fraction of sp³-hybridized carbons (Fsp3) is 0.409. The van der Waals surface area contributed by atoms with Gasteiger partial charge in [-0.2, -0.15) is 8.42 Å². The number of carbonyl (C=O) groups excluding carboxylic acids is 1. The van der Waals surface area contributed by atoms with Gasteiger partial charge < -0.3 is 14.2 Å². The molecule has 1 heterocycles. The van der Waals surface area contributed by atoms with Crippen molar-refractivity contribution in [2.75, 3.05) is 5.75 Å². The Balaban J connectivity index is 1.66. The molecule has 1 saturated heterocycles. The second-order valence-corrected chi connectivity index (χ2v) is 9.43. The molecule has 1 aliphatic rings. The van der Waals surface area contributed by atoms with E-state index in [1.165, 1.54) is 6.92 Å². The van der Waals surface area contributed by atoms with Crippen LogP contribution in [0.1, 0.15) is 32.8 Å². The summed E-state index contributed by atoms with van der Waals surface area (Å²) in [6.07, 6.45) is -0.883. The highest BCUT2D eigenvalue weighted by Crippen LogP contribution is 2.36. The Hall–Kier alpha value is -2.42. The Kier molecular flexibility index (Phi) is 6.80. The molecule has 8 heteroatoms. The van der Waals surface area contributed by atoms with Crippen molar-refractivity contribution >= 4 is 16.1 Å². The minimum absolute atomic E-state index is 0.0219. The van der Waals surface area contributed by atoms with Gasteiger partial charge in [-0.25, -0.2) is 0 Å². The molecule has 30 heavy (non-hydrogen) atoms. The minimum atomic E-state index is -3.70. The number of benzene rings is 2. The molecular formula is C22H26O7S. The van der Waals surface area contributed by atoms with E-state index in [1.54, 1.807) is 13.8 Å². The summed E-state index contributed by atoms with van der Waals surface area (Å²) < 4.78 is 46.1. The molecule has 0 amide bonds. The Morgan fingerprint density at radius 3 is 2.47 bits per heavy atom. The van der Waals surface area contributed by atoms with Crippen LogP contribution in [-0.4, -0.2) is 32.0 Å². The van der Waals surface area contributed by atoms with Gasteiger partial charge in [-0.15, -0.1) is 0 Å². The third-order valence-corrected chi connectivity index (χ3v) is 6.23. The SMILES string of the molecule is CCS(=O)(=O)OC(C)(C)C1CC(=O)OC1OCc1cccc(Oc2ccccc2)c1. The first kappa shape index (κ1) is 22.3. The van der Waals surface area contributed by atoms with Crippen LogP contribution in [0.25, 0.3) is 0 Å². The van der Waals surface area contributed by atoms with E-state index in [-0.39, 0.29) is 18.8 Å². The number of para-hydroxylation sites is 1. The highest BCUT2D eigenvalue weighted by Gasteiger charge is 2.48. The summed E-state index contributed by atoms with van der Waals surface area (Å²) in [7, 11) is -3.70. The van der Waals surface area contributed by atoms with E-state index in [0.717, 1.165) is 11.3 Å². The van der Waals surface area contributed by atoms with E-state index >= 15 is 0 Å². The number of hydrogen-bond acceptors (Lipinski definition) is 7. The largest absolute Gasteiger partial charge is 0.457 e. The Bertz CT molecular complexity index is 970. The van der Waals surface area contributed by atoms with Gasteiger partial charge >= 0.3 is 5.97 Å². The molecule has 2 aromatic carbocycles. The molecule has 2 atom stereocenters. The van der Waals surface area contributed by atoms with Gasteiger partial charge in [0.25, 0.3) is 10.1 Å². The van der Waals surface area contributed by atoms with Crippen molar-refractivity contribution in [2.45, 2.75) is 45.7 Å². The molecule has 0 saturated carbocycles. The number of hydrogen-bond donors (Lipinski definition) is 0. The summed E-state index contributed by atoms with van der Waals surface area (Å²) in [5, 5.41) is 0. The summed E-state index contributed by atoms with van der Waals surface area (Å²) in [5.74, 6) is 0.209. The van der Waals surface area contributed by atoms with Crippen LogP contribution < -0.4 is 4.74 Å². The fourth-order valence-electron chi connectivity index (χ4n) is 3.21. The third-order valence-electron chi connectivity index (χ3n) is 4.84. The molecule has 162 valence electrons. The maximum absolute atomic E-state index is 11.9. The summed E-state index contributed by atoms with van der Waals surface area (Å²) >= 11 is 0. The fourth-order valence-corrected chi connectivity index (χ4v) is 4.10. The second-order valence-electron chi connectivity index (χ2n) is 7.58. The van der Waals surface area contributed by atoms with Gasteiger partial charge in [-0.05, 0) is 50.6 Å². The summed E-state index contributed by atoms with van der Waals surface area (Å²) in [4.78, 5) is 11.9. The van der Waals surface area contributed by atoms with Crippen LogP contribution in [0.15, 0.2) is 54.6 Å². The van der Waals surface area contributed by atoms with Gasteiger partial charge in [0.2, 0.25) is 6.29 Å². The minimum Gasteiger partial charge on any atom is -0.457 e. The van der Waals surface area contributed by atoms with Crippen molar-refractivity contribution in [3.63, 3.8) is 0 Å². The lowest BCUT2D eigenvalue weighted by atomic mass is 9.89. The number of cyclic esters (lactones) is 1. The van der Waals surface area contributed by atoms with Crippen molar-refractivity contribution in [3.8, 4) is 11.5 Å². The molecule has 2 unspecified atom stereocenters. The monoisotopic (exact) mass is 434 g/mol. The second kappa shape index (κ2) is 9.16. The maximum atomic E-state index is 11.9. The van der Waals surface area contributed by atoms with Crippen LogP contribution in [0.5, 0.6) is 11.5 Å². The van der Waals surface area contributed by atoms with E-state index in [1.807, 2.05) is 54.6 Å². The van der Waals surface area contributed by atoms with Gasteiger partial charge in [0, 0.05) is 0 Å². The Morgan fingerprint density at radius 2 is 1.77 bits per heavy atom. The Labute approximate surface area is 177 Å². The van der Waals surface area contributed by atoms with Crippen molar-refractivity contribution in [1.29, 1.82) is 0 Å². The highest BCUT2D eigenvalue weighted by molar-refractivity contribution is 7.86. The summed E-state index contributed by atoms with van der Waals surface area (Å²) in [6.45, 7) is 4.91. The zero-order valence-electron chi connectivity index (χ0n) is 17.2. The molecule has 1 fully saturated rings. The number of esters is 1. The smallest absolute Gasteiger partial charge is 0.308 e. The molecule has 0 spiro atoms. The molecular weight excluding hydrogens is 408 g/mol. The van der Waals surface area contributed by atoms with Crippen LogP contribution in [0, 0.1) is 5.92 Å². The summed E-state index contributed by atoms with van der Waals surface area (Å²) in [5.41, 5.74) is -0.325. The van der Waals surface area contributed by atoms with E-state index in [9.17, 15) is 13.2 Å². The molecule has 2 aromatic rings. The normalized spacial score (nSPS) is 19.5. The van der Waals surface area contributed by atoms with Crippen molar-refractivity contribution in [1.82, 2.24) is 0 Å². The van der Waals surface area contributed by atoms with Crippen LogP contribution in [0.4, 0.5) is 0 Å². The number of ether oxygens (including phenoxy) is 3. The lowest BCUT2D eigenvalue weighted by Gasteiger charge is -2.32. The summed E-state index contributed by atoms with van der Waals surface area (Å²) in [6, 6.07) is 16.8. The number of rotatable bonds is 9. The molecule has 0 aromatic heterocycles. The molecule has 1 aliphatic heterocycles. The van der Waals surface area contributed by atoms with Crippen molar-refractivity contribution in [2.24, 2.45) is 5.92 Å². The van der Waals surface area contributed by atoms with E-state index in [2.05, 4.69) is 0 Å². The van der Waals surface area contributed by atoms with Crippen molar-refractivity contribution in [3.05, 3.63) is 60.2 Å². The van der Waals surface area contributed by atoms with Gasteiger partial charge in [-0.3, -0.25) is 8.98 Å². The number of carbonyl (C=O) groups is 1. The van der Waals surface area contributed by atoms with Crippen molar-refractivity contribution < 1.29 is 31.6 Å². The first-order chi connectivity index (χ1) is 14.2. The topological polar surface area (TPSA) is 88.1 Å². The molecule has 7 nitrogen and oxygen atoms in total. The molecule has 0 N–H and O–H groups in total. The first-order valence-corrected chi connectivity index (χ1v) is 11.3. The van der Waals surface area contributed by atoms with Gasteiger partial charge in [0.05, 0.1) is 30.3 Å². The zero-order chi connectivity index (χ0) is 21.8. The van der Waals surface area contributed by atoms with Gasteiger partial charge in [0.15, 0.2) is 0 Å². The average molecular weight is 435 g/mol. The molecule has 0 bridgehead atoms. The van der Waals surface area contributed by atoms with Crippen LogP contribution in [0.2, 0.25) is 0 Å². The van der Waals surface area contributed by atoms with Crippen LogP contribution >= 0.6 is 0 Å². The molecule has 0 radical (unpaired) electrons. The predicted octanol–water partition coefficient (Wildman–Crippen LogP) is 4.03. The predicted molar refractivity (Wildman–Crippen MR) is 110 cm³/mol. The highest BCUT2D eigenvalue weighted by atomic mass is 32.2. The molecule has 0 aliphatic carbocycles.